The first-order valence-electron chi connectivity index (χ1n) is 8.61. The third-order valence-electron chi connectivity index (χ3n) is 3.21. The van der Waals surface area contributed by atoms with E-state index in [1.807, 2.05) is 39.8 Å². The van der Waals surface area contributed by atoms with E-state index in [0.29, 0.717) is 22.6 Å². The number of halogens is 1. The van der Waals surface area contributed by atoms with E-state index in [2.05, 4.69) is 22.0 Å². The molecule has 8 heteroatoms. The zero-order valence-corrected chi connectivity index (χ0v) is 17.8. The Hall–Kier alpha value is -2.52. The molecule has 28 heavy (non-hydrogen) atoms. The van der Waals surface area contributed by atoms with Crippen molar-refractivity contribution < 1.29 is 19.5 Å². The van der Waals surface area contributed by atoms with E-state index in [-0.39, 0.29) is 17.7 Å². The predicted octanol–water partition coefficient (Wildman–Crippen LogP) is 3.13. The molecule has 0 bridgehead atoms. The smallest absolute Gasteiger partial charge is 0.488 e. The minimum atomic E-state index is -1.56. The molecule has 0 unspecified atom stereocenters. The van der Waals surface area contributed by atoms with Gasteiger partial charge in [-0.25, -0.2) is 0 Å². The Morgan fingerprint density at radius 1 is 0.857 bits per heavy atom. The number of hydrogen-bond donors (Lipinski definition) is 2. The Balaban J connectivity index is 0.000000283. The van der Waals surface area contributed by atoms with Crippen LogP contribution < -0.4 is 14.9 Å². The molecule has 0 aliphatic heterocycles. The van der Waals surface area contributed by atoms with Crippen molar-refractivity contribution in [1.82, 2.24) is 0 Å². The van der Waals surface area contributed by atoms with Crippen molar-refractivity contribution >= 4 is 28.5 Å². The van der Waals surface area contributed by atoms with Crippen molar-refractivity contribution in [1.29, 1.82) is 10.5 Å². The molecule has 2 N–H and O–H groups in total. The van der Waals surface area contributed by atoms with Crippen LogP contribution in [-0.2, 0) is 0 Å². The van der Waals surface area contributed by atoms with Crippen LogP contribution in [0.1, 0.15) is 38.8 Å². The van der Waals surface area contributed by atoms with Crippen LogP contribution in [0.5, 0.6) is 11.5 Å². The van der Waals surface area contributed by atoms with Crippen molar-refractivity contribution in [2.24, 2.45) is 0 Å². The lowest BCUT2D eigenvalue weighted by molar-refractivity contribution is 0.241. The standard InChI is InChI=1S/C10H12BNO3.C10H10BrNO/c1-7(2)15-10-4-3-9(11(13)14)5-8(10)6-12;1-7(2)13-10-4-3-9(11)5-8(10)6-12/h3-5,7,13-14H,1-2H3;3-5,7H,1-2H3. The normalized spacial score (nSPS) is 9.82. The van der Waals surface area contributed by atoms with Crippen LogP contribution >= 0.6 is 15.9 Å². The van der Waals surface area contributed by atoms with E-state index in [0.717, 1.165) is 4.47 Å². The zero-order chi connectivity index (χ0) is 21.3. The zero-order valence-electron chi connectivity index (χ0n) is 16.2. The van der Waals surface area contributed by atoms with Gasteiger partial charge in [-0.05, 0) is 63.5 Å². The van der Waals surface area contributed by atoms with Gasteiger partial charge in [-0.15, -0.1) is 0 Å². The molecule has 2 rings (SSSR count). The summed E-state index contributed by atoms with van der Waals surface area (Å²) >= 11 is 3.30. The van der Waals surface area contributed by atoms with Gasteiger partial charge in [0.25, 0.3) is 0 Å². The van der Waals surface area contributed by atoms with Crippen LogP contribution in [0.2, 0.25) is 0 Å². The minimum Gasteiger partial charge on any atom is -0.490 e. The number of nitrogens with zero attached hydrogens (tertiary/aromatic N) is 2. The van der Waals surface area contributed by atoms with Crippen molar-refractivity contribution in [2.45, 2.75) is 39.9 Å². The van der Waals surface area contributed by atoms with E-state index < -0.39 is 7.12 Å². The summed E-state index contributed by atoms with van der Waals surface area (Å²) in [5.41, 5.74) is 1.14. The Labute approximate surface area is 174 Å². The van der Waals surface area contributed by atoms with Gasteiger partial charge in [0.1, 0.15) is 23.6 Å². The largest absolute Gasteiger partial charge is 0.490 e. The van der Waals surface area contributed by atoms with Crippen molar-refractivity contribution in [3.05, 3.63) is 52.0 Å². The maximum Gasteiger partial charge on any atom is 0.488 e. The fourth-order valence-corrected chi connectivity index (χ4v) is 2.46. The highest BCUT2D eigenvalue weighted by atomic mass is 79.9. The van der Waals surface area contributed by atoms with Crippen molar-refractivity contribution in [3.63, 3.8) is 0 Å². The highest BCUT2D eigenvalue weighted by Crippen LogP contribution is 2.23. The molecule has 0 fully saturated rings. The van der Waals surface area contributed by atoms with E-state index in [4.69, 9.17) is 30.0 Å². The molecule has 0 radical (unpaired) electrons. The lowest BCUT2D eigenvalue weighted by atomic mass is 9.79. The summed E-state index contributed by atoms with van der Waals surface area (Å²) < 4.78 is 11.7. The first-order valence-corrected chi connectivity index (χ1v) is 9.40. The highest BCUT2D eigenvalue weighted by Gasteiger charge is 2.14. The Morgan fingerprint density at radius 3 is 1.75 bits per heavy atom. The number of benzene rings is 2. The van der Waals surface area contributed by atoms with Crippen LogP contribution in [0.4, 0.5) is 0 Å². The Kier molecular flexibility index (Phi) is 9.54. The maximum absolute atomic E-state index is 8.92. The Bertz CT molecular complexity index is 873. The first-order chi connectivity index (χ1) is 13.2. The molecule has 146 valence electrons. The van der Waals surface area contributed by atoms with Gasteiger partial charge in [-0.1, -0.05) is 22.0 Å². The first kappa shape index (κ1) is 23.5. The van der Waals surface area contributed by atoms with Crippen LogP contribution in [0, 0.1) is 22.7 Å². The van der Waals surface area contributed by atoms with Gasteiger partial charge in [0.05, 0.1) is 23.3 Å². The predicted molar refractivity (Wildman–Crippen MR) is 111 cm³/mol. The second kappa shape index (κ2) is 11.4. The second-order valence-corrected chi connectivity index (χ2v) is 7.24. The monoisotopic (exact) mass is 444 g/mol. The van der Waals surface area contributed by atoms with E-state index in [1.165, 1.54) is 12.1 Å². The molecule has 2 aromatic carbocycles. The average molecular weight is 445 g/mol. The molecule has 0 spiro atoms. The molecule has 0 aromatic heterocycles. The topological polar surface area (TPSA) is 106 Å². The van der Waals surface area contributed by atoms with Crippen LogP contribution in [0.25, 0.3) is 0 Å². The summed E-state index contributed by atoms with van der Waals surface area (Å²) in [4.78, 5) is 0. The molecule has 0 saturated carbocycles. The maximum atomic E-state index is 8.92. The SMILES string of the molecule is CC(C)Oc1ccc(B(O)O)cc1C#N.CC(C)Oc1ccc(Br)cc1C#N. The van der Waals surface area contributed by atoms with E-state index >= 15 is 0 Å². The van der Waals surface area contributed by atoms with Gasteiger partial charge in [0.15, 0.2) is 0 Å². The third kappa shape index (κ3) is 7.62. The fraction of sp³-hybridized carbons (Fsp3) is 0.300. The minimum absolute atomic E-state index is 0.0259. The number of rotatable bonds is 5. The van der Waals surface area contributed by atoms with Gasteiger partial charge in [-0.2, -0.15) is 10.5 Å². The number of ether oxygens (including phenoxy) is 2. The molecular formula is C20H22BBrN2O4. The summed E-state index contributed by atoms with van der Waals surface area (Å²) in [5, 5.41) is 35.5. The second-order valence-electron chi connectivity index (χ2n) is 6.33. The molecule has 0 aliphatic carbocycles. The molecule has 0 atom stereocenters. The van der Waals surface area contributed by atoms with Gasteiger partial charge < -0.3 is 19.5 Å². The molecule has 0 aliphatic rings. The molecular weight excluding hydrogens is 423 g/mol. The van der Waals surface area contributed by atoms with Crippen molar-refractivity contribution in [2.75, 3.05) is 0 Å². The summed E-state index contributed by atoms with van der Waals surface area (Å²) in [7, 11) is -1.56. The fourth-order valence-electron chi connectivity index (χ4n) is 2.10. The van der Waals surface area contributed by atoms with Crippen LogP contribution in [0.3, 0.4) is 0 Å². The molecule has 0 amide bonds. The molecule has 0 saturated heterocycles. The molecule has 0 heterocycles. The number of hydrogen-bond acceptors (Lipinski definition) is 6. The summed E-state index contributed by atoms with van der Waals surface area (Å²) in [6.45, 7) is 7.58. The summed E-state index contributed by atoms with van der Waals surface area (Å²) in [6, 6.07) is 13.9. The molecule has 6 nitrogen and oxygen atoms in total. The quantitative estimate of drug-likeness (QED) is 0.686. The summed E-state index contributed by atoms with van der Waals surface area (Å²) in [6.07, 6.45) is 0.0651. The van der Waals surface area contributed by atoms with Crippen LogP contribution in [0.15, 0.2) is 40.9 Å². The molecule has 2 aromatic rings. The van der Waals surface area contributed by atoms with Crippen molar-refractivity contribution in [3.8, 4) is 23.6 Å². The van der Waals surface area contributed by atoms with E-state index in [1.54, 1.807) is 18.2 Å². The lowest BCUT2D eigenvalue weighted by Gasteiger charge is -2.11. The average Bonchev–Trinajstić information content (AvgIpc) is 2.63. The van der Waals surface area contributed by atoms with Gasteiger partial charge in [-0.3, -0.25) is 0 Å². The van der Waals surface area contributed by atoms with Crippen LogP contribution in [-0.4, -0.2) is 29.4 Å². The summed E-state index contributed by atoms with van der Waals surface area (Å²) in [5.74, 6) is 1.10. The number of nitriles is 2. The van der Waals surface area contributed by atoms with Gasteiger partial charge in [0.2, 0.25) is 0 Å². The third-order valence-corrected chi connectivity index (χ3v) is 3.70. The van der Waals surface area contributed by atoms with Gasteiger partial charge in [0, 0.05) is 4.47 Å². The lowest BCUT2D eigenvalue weighted by Crippen LogP contribution is -2.30. The van der Waals surface area contributed by atoms with E-state index in [9.17, 15) is 0 Å². The van der Waals surface area contributed by atoms with Gasteiger partial charge >= 0.3 is 7.12 Å². The Morgan fingerprint density at radius 2 is 1.32 bits per heavy atom. The highest BCUT2D eigenvalue weighted by molar-refractivity contribution is 9.10.